The number of methoxy groups -OCH3 is 1. The molecule has 1 aromatic heterocycles. The highest BCUT2D eigenvalue weighted by molar-refractivity contribution is 5.96. The summed E-state index contributed by atoms with van der Waals surface area (Å²) in [6.07, 6.45) is 0.242. The van der Waals surface area contributed by atoms with Gasteiger partial charge in [0.05, 0.1) is 7.11 Å². The van der Waals surface area contributed by atoms with Crippen molar-refractivity contribution in [2.45, 2.75) is 12.3 Å². The normalized spacial score (nSPS) is 16.3. The molecule has 0 radical (unpaired) electrons. The quantitative estimate of drug-likeness (QED) is 0.658. The topological polar surface area (TPSA) is 71.7 Å². The van der Waals surface area contributed by atoms with E-state index in [0.29, 0.717) is 23.9 Å². The van der Waals surface area contributed by atoms with Crippen molar-refractivity contribution < 1.29 is 18.4 Å². The van der Waals surface area contributed by atoms with Gasteiger partial charge in [0.1, 0.15) is 0 Å². The average Bonchev–Trinajstić information content (AvgIpc) is 3.35. The molecule has 1 atom stereocenters. The zero-order chi connectivity index (χ0) is 20.5. The Balaban J connectivity index is 1.52. The van der Waals surface area contributed by atoms with Gasteiger partial charge in [0.25, 0.3) is 5.89 Å². The van der Waals surface area contributed by atoms with Gasteiger partial charge in [-0.05, 0) is 36.4 Å². The summed E-state index contributed by atoms with van der Waals surface area (Å²) in [7, 11) is 5.34. The van der Waals surface area contributed by atoms with Crippen LogP contribution in [0.2, 0.25) is 0 Å². The summed E-state index contributed by atoms with van der Waals surface area (Å²) in [4.78, 5) is 20.5. The highest BCUT2D eigenvalue weighted by atomic mass is 19.1. The van der Waals surface area contributed by atoms with Crippen molar-refractivity contribution >= 4 is 17.3 Å². The first-order chi connectivity index (χ1) is 14.0. The van der Waals surface area contributed by atoms with Crippen LogP contribution in [0.15, 0.2) is 47.0 Å². The number of anilines is 2. The molecule has 0 spiro atoms. The number of rotatable bonds is 5. The van der Waals surface area contributed by atoms with E-state index in [1.54, 1.807) is 6.07 Å². The molecule has 1 unspecified atom stereocenters. The molecule has 1 amide bonds. The predicted octanol–water partition coefficient (Wildman–Crippen LogP) is 3.47. The van der Waals surface area contributed by atoms with Gasteiger partial charge in [0.15, 0.2) is 17.4 Å². The minimum atomic E-state index is -0.510. The molecule has 0 N–H and O–H groups in total. The lowest BCUT2D eigenvalue weighted by Gasteiger charge is -2.16. The molecule has 7 nitrogen and oxygen atoms in total. The van der Waals surface area contributed by atoms with Gasteiger partial charge < -0.3 is 19.1 Å². The molecule has 8 heteroatoms. The van der Waals surface area contributed by atoms with E-state index in [0.717, 1.165) is 11.3 Å². The van der Waals surface area contributed by atoms with Crippen LogP contribution in [-0.2, 0) is 4.79 Å². The van der Waals surface area contributed by atoms with Crippen LogP contribution in [0.25, 0.3) is 11.5 Å². The fourth-order valence-corrected chi connectivity index (χ4v) is 3.37. The standard InChI is InChI=1S/C21H21FN4O3/c1-25(2)15-6-4-13(5-7-15)21-23-20(24-29-21)14-10-19(27)26(12-14)16-8-9-18(28-3)17(22)11-16/h4-9,11,14H,10,12H2,1-3H3. The van der Waals surface area contributed by atoms with Gasteiger partial charge in [-0.25, -0.2) is 4.39 Å². The molecular formula is C21H21FN4O3. The Morgan fingerprint density at radius 2 is 1.97 bits per heavy atom. The number of carbonyl (C=O) groups is 1. The number of aromatic nitrogens is 2. The molecule has 0 aliphatic carbocycles. The van der Waals surface area contributed by atoms with Gasteiger partial charge >= 0.3 is 0 Å². The van der Waals surface area contributed by atoms with Crippen LogP contribution in [0, 0.1) is 5.82 Å². The number of carbonyl (C=O) groups excluding carboxylic acids is 1. The summed E-state index contributed by atoms with van der Waals surface area (Å²) in [5, 5.41) is 4.07. The fraction of sp³-hybridized carbons (Fsp3) is 0.286. The van der Waals surface area contributed by atoms with E-state index < -0.39 is 5.82 Å². The Morgan fingerprint density at radius 3 is 2.62 bits per heavy atom. The zero-order valence-electron chi connectivity index (χ0n) is 16.4. The third-order valence-corrected chi connectivity index (χ3v) is 5.01. The second-order valence-corrected chi connectivity index (χ2v) is 7.12. The molecule has 1 aliphatic rings. The molecule has 0 saturated carbocycles. The van der Waals surface area contributed by atoms with E-state index in [4.69, 9.17) is 9.26 Å². The number of hydrogen-bond acceptors (Lipinski definition) is 6. The van der Waals surface area contributed by atoms with Crippen molar-refractivity contribution in [3.05, 3.63) is 54.1 Å². The second kappa shape index (κ2) is 7.54. The van der Waals surface area contributed by atoms with Crippen molar-refractivity contribution in [2.75, 3.05) is 37.5 Å². The van der Waals surface area contributed by atoms with Gasteiger partial charge in [0.2, 0.25) is 5.91 Å². The first-order valence-electron chi connectivity index (χ1n) is 9.21. The number of amides is 1. The summed E-state index contributed by atoms with van der Waals surface area (Å²) in [5.41, 5.74) is 2.36. The maximum absolute atomic E-state index is 14.0. The highest BCUT2D eigenvalue weighted by Crippen LogP contribution is 2.33. The zero-order valence-corrected chi connectivity index (χ0v) is 16.4. The highest BCUT2D eigenvalue weighted by Gasteiger charge is 2.35. The molecule has 29 heavy (non-hydrogen) atoms. The molecule has 4 rings (SSSR count). The largest absolute Gasteiger partial charge is 0.494 e. The van der Waals surface area contributed by atoms with Gasteiger partial charge in [-0.15, -0.1) is 0 Å². The molecule has 0 bridgehead atoms. The van der Waals surface area contributed by atoms with Gasteiger partial charge in [-0.3, -0.25) is 4.79 Å². The average molecular weight is 396 g/mol. The summed E-state index contributed by atoms with van der Waals surface area (Å²) in [6.45, 7) is 0.364. The number of benzene rings is 2. The van der Waals surface area contributed by atoms with Crippen molar-refractivity contribution in [1.29, 1.82) is 0 Å². The number of ether oxygens (including phenoxy) is 1. The van der Waals surface area contributed by atoms with Crippen molar-refractivity contribution in [2.24, 2.45) is 0 Å². The lowest BCUT2D eigenvalue weighted by atomic mass is 10.1. The first kappa shape index (κ1) is 18.9. The molecular weight excluding hydrogens is 375 g/mol. The second-order valence-electron chi connectivity index (χ2n) is 7.12. The van der Waals surface area contributed by atoms with Crippen molar-refractivity contribution in [3.63, 3.8) is 0 Å². The van der Waals surface area contributed by atoms with Crippen LogP contribution in [-0.4, -0.2) is 43.8 Å². The van der Waals surface area contributed by atoms with Crippen molar-refractivity contribution in [3.8, 4) is 17.2 Å². The van der Waals surface area contributed by atoms with E-state index in [9.17, 15) is 9.18 Å². The third-order valence-electron chi connectivity index (χ3n) is 5.01. The Hall–Kier alpha value is -3.42. The van der Waals surface area contributed by atoms with E-state index in [2.05, 4.69) is 10.1 Å². The Bertz CT molecular complexity index is 1030. The Labute approximate surface area is 167 Å². The summed E-state index contributed by atoms with van der Waals surface area (Å²) in [6, 6.07) is 12.2. The van der Waals surface area contributed by atoms with E-state index in [-0.39, 0.29) is 24.0 Å². The lowest BCUT2D eigenvalue weighted by Crippen LogP contribution is -2.24. The molecule has 1 fully saturated rings. The first-order valence-corrected chi connectivity index (χ1v) is 9.21. The Kier molecular flexibility index (Phi) is 4.92. The predicted molar refractivity (Wildman–Crippen MR) is 107 cm³/mol. The van der Waals surface area contributed by atoms with Crippen LogP contribution >= 0.6 is 0 Å². The van der Waals surface area contributed by atoms with Gasteiger partial charge in [-0.1, -0.05) is 5.16 Å². The van der Waals surface area contributed by atoms with E-state index in [1.165, 1.54) is 24.1 Å². The van der Waals surface area contributed by atoms with Crippen LogP contribution in [0.4, 0.5) is 15.8 Å². The maximum atomic E-state index is 14.0. The lowest BCUT2D eigenvalue weighted by molar-refractivity contribution is -0.117. The minimum absolute atomic E-state index is 0.110. The third kappa shape index (κ3) is 3.65. The number of nitrogens with zero attached hydrogens (tertiary/aromatic N) is 4. The smallest absolute Gasteiger partial charge is 0.257 e. The molecule has 1 aliphatic heterocycles. The maximum Gasteiger partial charge on any atom is 0.257 e. The summed E-state index contributed by atoms with van der Waals surface area (Å²) in [5.74, 6) is 0.185. The minimum Gasteiger partial charge on any atom is -0.494 e. The monoisotopic (exact) mass is 396 g/mol. The van der Waals surface area contributed by atoms with Crippen molar-refractivity contribution in [1.82, 2.24) is 10.1 Å². The molecule has 3 aromatic rings. The van der Waals surface area contributed by atoms with Gasteiger partial charge in [-0.2, -0.15) is 4.98 Å². The molecule has 2 aromatic carbocycles. The van der Waals surface area contributed by atoms with Crippen LogP contribution < -0.4 is 14.5 Å². The van der Waals surface area contributed by atoms with Crippen LogP contribution in [0.5, 0.6) is 5.75 Å². The SMILES string of the molecule is COc1ccc(N2CC(c3noc(-c4ccc(N(C)C)cc4)n3)CC2=O)cc1F. The van der Waals surface area contributed by atoms with Crippen LogP contribution in [0.1, 0.15) is 18.2 Å². The molecule has 1 saturated heterocycles. The van der Waals surface area contributed by atoms with E-state index in [1.807, 2.05) is 43.3 Å². The van der Waals surface area contributed by atoms with Crippen LogP contribution in [0.3, 0.4) is 0 Å². The molecule has 2 heterocycles. The number of halogens is 1. The summed E-state index contributed by atoms with van der Waals surface area (Å²) >= 11 is 0. The number of hydrogen-bond donors (Lipinski definition) is 0. The Morgan fingerprint density at radius 1 is 1.21 bits per heavy atom. The van der Waals surface area contributed by atoms with Gasteiger partial charge in [0, 0.05) is 56.0 Å². The fourth-order valence-electron chi connectivity index (χ4n) is 3.37. The molecule has 150 valence electrons. The summed E-state index contributed by atoms with van der Waals surface area (Å²) < 4.78 is 24.4. The van der Waals surface area contributed by atoms with E-state index >= 15 is 0 Å².